The Morgan fingerprint density at radius 3 is 2.50 bits per heavy atom. The molecule has 0 amide bonds. The molecule has 1 aliphatic carbocycles. The maximum atomic E-state index is 14.9. The van der Waals surface area contributed by atoms with Crippen LogP contribution in [0.5, 0.6) is 0 Å². The van der Waals surface area contributed by atoms with Gasteiger partial charge in [0.1, 0.15) is 29.0 Å². The van der Waals surface area contributed by atoms with Crippen molar-refractivity contribution < 1.29 is 23.4 Å². The van der Waals surface area contributed by atoms with Gasteiger partial charge in [0.25, 0.3) is 0 Å². The van der Waals surface area contributed by atoms with Crippen LogP contribution in [0.15, 0.2) is 53.6 Å². The molecule has 0 aliphatic heterocycles. The van der Waals surface area contributed by atoms with Gasteiger partial charge in [0.2, 0.25) is 0 Å². The van der Waals surface area contributed by atoms with E-state index in [4.69, 9.17) is 14.9 Å². The third-order valence-corrected chi connectivity index (χ3v) is 7.12. The Kier molecular flexibility index (Phi) is 8.00. The number of nitrogens with zero attached hydrogens (tertiary/aromatic N) is 2. The molecule has 1 N–H and O–H groups in total. The standard InChI is InChI=1S/C26H28F2N2O3S/c1-34-26-24(21-13-20(27)11-12-22(21)28)25(19-5-3-2-4-6-19)29-30(26)14-17-7-9-18(10-8-17)15-33-16-23(31)32/h2-6,11-13,17-18H,7-10,14-16H2,1H3,(H,31,32). The minimum absolute atomic E-state index is 0.216. The number of carbonyl (C=O) groups is 1. The van der Waals surface area contributed by atoms with Gasteiger partial charge in [-0.2, -0.15) is 5.10 Å². The zero-order valence-electron chi connectivity index (χ0n) is 19.0. The van der Waals surface area contributed by atoms with E-state index < -0.39 is 17.6 Å². The fraction of sp³-hybridized carbons (Fsp3) is 0.385. The number of aromatic nitrogens is 2. The van der Waals surface area contributed by atoms with Gasteiger partial charge in [-0.1, -0.05) is 30.3 Å². The molecular weight excluding hydrogens is 458 g/mol. The lowest BCUT2D eigenvalue weighted by Gasteiger charge is -2.28. The number of carboxylic acid groups (broad SMARTS) is 1. The average molecular weight is 487 g/mol. The largest absolute Gasteiger partial charge is 0.480 e. The summed E-state index contributed by atoms with van der Waals surface area (Å²) >= 11 is 1.49. The fourth-order valence-electron chi connectivity index (χ4n) is 4.65. The van der Waals surface area contributed by atoms with E-state index in [2.05, 4.69) is 0 Å². The van der Waals surface area contributed by atoms with Gasteiger partial charge in [-0.05, 0) is 62.0 Å². The van der Waals surface area contributed by atoms with Gasteiger partial charge in [0, 0.05) is 23.2 Å². The van der Waals surface area contributed by atoms with Crippen LogP contribution < -0.4 is 0 Å². The molecule has 5 nitrogen and oxygen atoms in total. The first-order valence-corrected chi connectivity index (χ1v) is 12.6. The molecule has 3 aromatic rings. The number of hydrogen-bond donors (Lipinski definition) is 1. The second-order valence-corrected chi connectivity index (χ2v) is 9.50. The van der Waals surface area contributed by atoms with Crippen molar-refractivity contribution in [2.75, 3.05) is 19.5 Å². The number of ether oxygens (including phenoxy) is 1. The van der Waals surface area contributed by atoms with Crippen molar-refractivity contribution in [1.82, 2.24) is 9.78 Å². The van der Waals surface area contributed by atoms with E-state index >= 15 is 0 Å². The van der Waals surface area contributed by atoms with Crippen molar-refractivity contribution in [1.29, 1.82) is 0 Å². The van der Waals surface area contributed by atoms with Crippen molar-refractivity contribution in [3.8, 4) is 22.4 Å². The molecule has 1 fully saturated rings. The first-order chi connectivity index (χ1) is 16.5. The fourth-order valence-corrected chi connectivity index (χ4v) is 5.38. The van der Waals surface area contributed by atoms with Crippen LogP contribution in [-0.2, 0) is 16.1 Å². The number of thioether (sulfide) groups is 1. The monoisotopic (exact) mass is 486 g/mol. The van der Waals surface area contributed by atoms with Gasteiger partial charge in [-0.15, -0.1) is 11.8 Å². The van der Waals surface area contributed by atoms with Gasteiger partial charge in [-0.25, -0.2) is 13.6 Å². The van der Waals surface area contributed by atoms with Crippen LogP contribution in [0.1, 0.15) is 25.7 Å². The van der Waals surface area contributed by atoms with E-state index in [0.29, 0.717) is 36.2 Å². The summed E-state index contributed by atoms with van der Waals surface area (Å²) in [4.78, 5) is 10.6. The van der Waals surface area contributed by atoms with E-state index in [-0.39, 0.29) is 12.2 Å². The SMILES string of the molecule is CSc1c(-c2cc(F)ccc2F)c(-c2ccccc2)nn1CC1CCC(COCC(=O)O)CC1. The molecule has 0 unspecified atom stereocenters. The molecule has 2 aromatic carbocycles. The second kappa shape index (κ2) is 11.1. The predicted molar refractivity (Wildman–Crippen MR) is 129 cm³/mol. The first kappa shape index (κ1) is 24.4. The van der Waals surface area contributed by atoms with Crippen LogP contribution in [0.3, 0.4) is 0 Å². The summed E-state index contributed by atoms with van der Waals surface area (Å²) in [6.07, 6.45) is 5.84. The summed E-state index contributed by atoms with van der Waals surface area (Å²) in [5.74, 6) is -1.15. The molecule has 0 atom stereocenters. The van der Waals surface area contributed by atoms with Crippen LogP contribution in [0, 0.1) is 23.5 Å². The van der Waals surface area contributed by atoms with E-state index in [1.165, 1.54) is 17.8 Å². The van der Waals surface area contributed by atoms with Crippen molar-refractivity contribution in [3.63, 3.8) is 0 Å². The number of rotatable bonds is 9. The summed E-state index contributed by atoms with van der Waals surface area (Å²) < 4.78 is 36.2. The predicted octanol–water partition coefficient (Wildman–Crippen LogP) is 6.12. The summed E-state index contributed by atoms with van der Waals surface area (Å²) in [6, 6.07) is 13.1. The molecule has 0 spiro atoms. The maximum absolute atomic E-state index is 14.9. The molecule has 0 saturated heterocycles. The Balaban J connectivity index is 1.60. The lowest BCUT2D eigenvalue weighted by Crippen LogP contribution is -2.23. The molecule has 1 heterocycles. The number of aliphatic carboxylic acids is 1. The van der Waals surface area contributed by atoms with E-state index in [1.54, 1.807) is 0 Å². The molecule has 180 valence electrons. The molecule has 1 saturated carbocycles. The summed E-state index contributed by atoms with van der Waals surface area (Å²) in [6.45, 7) is 0.902. The van der Waals surface area contributed by atoms with Gasteiger partial charge in [0.05, 0.1) is 6.61 Å². The smallest absolute Gasteiger partial charge is 0.329 e. The zero-order valence-corrected chi connectivity index (χ0v) is 19.9. The van der Waals surface area contributed by atoms with Gasteiger partial charge < -0.3 is 9.84 Å². The quantitative estimate of drug-likeness (QED) is 0.369. The summed E-state index contributed by atoms with van der Waals surface area (Å²) in [5, 5.41) is 14.5. The van der Waals surface area contributed by atoms with Crippen molar-refractivity contribution in [2.24, 2.45) is 11.8 Å². The third kappa shape index (κ3) is 5.67. The highest BCUT2D eigenvalue weighted by Gasteiger charge is 2.27. The van der Waals surface area contributed by atoms with Crippen LogP contribution in [-0.4, -0.2) is 40.3 Å². The number of carboxylic acids is 1. The minimum Gasteiger partial charge on any atom is -0.480 e. The van der Waals surface area contributed by atoms with Crippen molar-refractivity contribution in [2.45, 2.75) is 37.3 Å². The maximum Gasteiger partial charge on any atom is 0.329 e. The summed E-state index contributed by atoms with van der Waals surface area (Å²) in [5.41, 5.74) is 2.33. The molecule has 1 aromatic heterocycles. The molecule has 8 heteroatoms. The van der Waals surface area contributed by atoms with Crippen molar-refractivity contribution in [3.05, 3.63) is 60.2 Å². The van der Waals surface area contributed by atoms with E-state index in [0.717, 1.165) is 48.4 Å². The van der Waals surface area contributed by atoms with Gasteiger partial charge in [-0.3, -0.25) is 4.68 Å². The summed E-state index contributed by atoms with van der Waals surface area (Å²) in [7, 11) is 0. The molecular formula is C26H28F2N2O3S. The average Bonchev–Trinajstić information content (AvgIpc) is 3.20. The highest BCUT2D eigenvalue weighted by molar-refractivity contribution is 7.98. The number of hydrogen-bond acceptors (Lipinski definition) is 4. The molecule has 0 radical (unpaired) electrons. The lowest BCUT2D eigenvalue weighted by molar-refractivity contribution is -0.142. The topological polar surface area (TPSA) is 64.4 Å². The second-order valence-electron chi connectivity index (χ2n) is 8.70. The van der Waals surface area contributed by atoms with Gasteiger partial charge >= 0.3 is 5.97 Å². The number of halogens is 2. The van der Waals surface area contributed by atoms with E-state index in [1.807, 2.05) is 41.3 Å². The van der Waals surface area contributed by atoms with Crippen LogP contribution in [0.2, 0.25) is 0 Å². The molecule has 0 bridgehead atoms. The zero-order chi connectivity index (χ0) is 24.1. The van der Waals surface area contributed by atoms with E-state index in [9.17, 15) is 13.6 Å². The van der Waals surface area contributed by atoms with Crippen LogP contribution >= 0.6 is 11.8 Å². The van der Waals surface area contributed by atoms with Crippen molar-refractivity contribution >= 4 is 17.7 Å². The Hall–Kier alpha value is -2.71. The van der Waals surface area contributed by atoms with Crippen LogP contribution in [0.4, 0.5) is 8.78 Å². The highest BCUT2D eigenvalue weighted by atomic mass is 32.2. The third-order valence-electron chi connectivity index (χ3n) is 6.32. The first-order valence-electron chi connectivity index (χ1n) is 11.4. The van der Waals surface area contributed by atoms with Gasteiger partial charge in [0.15, 0.2) is 0 Å². The number of benzene rings is 2. The molecule has 1 aliphatic rings. The normalized spacial score (nSPS) is 18.2. The Labute approximate surface area is 202 Å². The Bertz CT molecular complexity index is 1130. The molecule has 34 heavy (non-hydrogen) atoms. The minimum atomic E-state index is -0.947. The Morgan fingerprint density at radius 2 is 1.82 bits per heavy atom. The molecule has 4 rings (SSSR count). The lowest BCUT2D eigenvalue weighted by atomic mass is 9.82. The Morgan fingerprint density at radius 1 is 1.12 bits per heavy atom. The van der Waals surface area contributed by atoms with Crippen LogP contribution in [0.25, 0.3) is 22.4 Å². The highest BCUT2D eigenvalue weighted by Crippen LogP contribution is 2.41.